The van der Waals surface area contributed by atoms with Gasteiger partial charge in [0, 0.05) is 17.8 Å². The zero-order chi connectivity index (χ0) is 23.3. The van der Waals surface area contributed by atoms with Gasteiger partial charge in [-0.15, -0.1) is 0 Å². The molecule has 162 valence electrons. The van der Waals surface area contributed by atoms with Gasteiger partial charge in [0.1, 0.15) is 21.7 Å². The minimum absolute atomic E-state index is 0.0371. The Morgan fingerprint density at radius 2 is 1.70 bits per heavy atom. The lowest BCUT2D eigenvalue weighted by molar-refractivity contribution is -0.191. The zero-order valence-electron chi connectivity index (χ0n) is 16.8. The molecule has 0 aromatic carbocycles. The molecule has 0 amide bonds. The number of aromatic nitrogens is 2. The maximum absolute atomic E-state index is 11.6. The SMILES string of the molecule is CC(C)(C)OC(=O)Cc1cnc(Cl)cc1OC=O.Cc1cc(Cl)ncc1N.O=C=O. The smallest absolute Gasteiger partial charge is 0.373 e. The van der Waals surface area contributed by atoms with Crippen LogP contribution in [0.5, 0.6) is 5.75 Å². The standard InChI is InChI=1S/C12H14ClNO4.C6H7ClN2.CO2/c1-12(2,3)18-11(16)4-8-6-14-10(13)5-9(8)17-7-15;1-4-2-6(7)9-3-5(4)8;2-1-3/h5-7H,4H2,1-3H3;2-3H,8H2,1H3;. The van der Waals surface area contributed by atoms with Gasteiger partial charge in [-0.3, -0.25) is 9.59 Å². The van der Waals surface area contributed by atoms with Crippen LogP contribution < -0.4 is 10.5 Å². The first-order valence-corrected chi connectivity index (χ1v) is 9.02. The van der Waals surface area contributed by atoms with E-state index in [2.05, 4.69) is 9.97 Å². The molecule has 0 fully saturated rings. The first-order chi connectivity index (χ1) is 13.9. The normalized spacial score (nSPS) is 9.67. The molecule has 2 aromatic rings. The average molecular weight is 458 g/mol. The van der Waals surface area contributed by atoms with Crippen LogP contribution in [0, 0.1) is 6.92 Å². The molecule has 0 aliphatic carbocycles. The molecule has 9 nitrogen and oxygen atoms in total. The van der Waals surface area contributed by atoms with E-state index in [9.17, 15) is 9.59 Å². The van der Waals surface area contributed by atoms with Crippen LogP contribution in [-0.2, 0) is 30.3 Å². The Morgan fingerprint density at radius 3 is 2.17 bits per heavy atom. The summed E-state index contributed by atoms with van der Waals surface area (Å²) in [5.41, 5.74) is 6.99. The second kappa shape index (κ2) is 13.3. The monoisotopic (exact) mass is 457 g/mol. The summed E-state index contributed by atoms with van der Waals surface area (Å²) in [6, 6.07) is 3.10. The topological polar surface area (TPSA) is 139 Å². The van der Waals surface area contributed by atoms with E-state index in [0.717, 1.165) is 5.56 Å². The molecule has 2 N–H and O–H groups in total. The molecule has 0 saturated carbocycles. The van der Waals surface area contributed by atoms with Crippen LogP contribution in [0.3, 0.4) is 0 Å². The number of ether oxygens (including phenoxy) is 2. The second-order valence-corrected chi connectivity index (χ2v) is 7.31. The number of nitrogens with zero attached hydrogens (tertiary/aromatic N) is 2. The maximum Gasteiger partial charge on any atom is 0.373 e. The largest absolute Gasteiger partial charge is 0.460 e. The van der Waals surface area contributed by atoms with Crippen molar-refractivity contribution in [2.45, 2.75) is 39.7 Å². The molecule has 11 heteroatoms. The molecular formula is C19H21Cl2N3O6. The molecule has 0 unspecified atom stereocenters. The number of esters is 1. The molecule has 2 rings (SSSR count). The van der Waals surface area contributed by atoms with Crippen LogP contribution in [0.15, 0.2) is 24.5 Å². The van der Waals surface area contributed by atoms with Crippen molar-refractivity contribution >= 4 is 47.5 Å². The van der Waals surface area contributed by atoms with Gasteiger partial charge < -0.3 is 15.2 Å². The highest BCUT2D eigenvalue weighted by Gasteiger charge is 2.18. The van der Waals surface area contributed by atoms with Crippen molar-refractivity contribution in [3.63, 3.8) is 0 Å². The highest BCUT2D eigenvalue weighted by molar-refractivity contribution is 6.29. The number of nitrogen functional groups attached to an aromatic ring is 1. The molecule has 2 aromatic heterocycles. The lowest BCUT2D eigenvalue weighted by atomic mass is 10.1. The van der Waals surface area contributed by atoms with Crippen LogP contribution >= 0.6 is 23.2 Å². The first kappa shape index (κ1) is 27.0. The predicted octanol–water partition coefficient (Wildman–Crippen LogP) is 3.20. The Labute approximate surface area is 183 Å². The number of carbonyl (C=O) groups is 2. The Balaban J connectivity index is 0.000000581. The van der Waals surface area contributed by atoms with E-state index < -0.39 is 11.6 Å². The Bertz CT molecular complexity index is 894. The van der Waals surface area contributed by atoms with Crippen LogP contribution in [-0.4, -0.2) is 34.2 Å². The summed E-state index contributed by atoms with van der Waals surface area (Å²) in [7, 11) is 0. The summed E-state index contributed by atoms with van der Waals surface area (Å²) >= 11 is 11.2. The number of hydrogen-bond donors (Lipinski definition) is 1. The van der Waals surface area contributed by atoms with Gasteiger partial charge in [0.05, 0.1) is 18.3 Å². The minimum Gasteiger partial charge on any atom is -0.460 e. The van der Waals surface area contributed by atoms with Crippen molar-refractivity contribution in [1.29, 1.82) is 0 Å². The van der Waals surface area contributed by atoms with Gasteiger partial charge in [-0.1, -0.05) is 23.2 Å². The van der Waals surface area contributed by atoms with Crippen LogP contribution in [0.1, 0.15) is 31.9 Å². The molecule has 0 aliphatic rings. The van der Waals surface area contributed by atoms with E-state index in [1.54, 1.807) is 33.0 Å². The molecule has 30 heavy (non-hydrogen) atoms. The van der Waals surface area contributed by atoms with Crippen LogP contribution in [0.25, 0.3) is 0 Å². The Morgan fingerprint density at radius 1 is 1.17 bits per heavy atom. The van der Waals surface area contributed by atoms with E-state index in [1.165, 1.54) is 12.3 Å². The third kappa shape index (κ3) is 11.8. The molecule has 0 atom stereocenters. The lowest BCUT2D eigenvalue weighted by Gasteiger charge is -2.19. The summed E-state index contributed by atoms with van der Waals surface area (Å²) in [5.74, 6) is -0.224. The van der Waals surface area contributed by atoms with Crippen molar-refractivity contribution in [2.24, 2.45) is 0 Å². The number of carbonyl (C=O) groups excluding carboxylic acids is 4. The lowest BCUT2D eigenvalue weighted by Crippen LogP contribution is -2.25. The number of nitrogens with two attached hydrogens (primary N) is 1. The third-order valence-electron chi connectivity index (χ3n) is 2.96. The molecule has 2 heterocycles. The van der Waals surface area contributed by atoms with E-state index in [-0.39, 0.29) is 29.9 Å². The fraction of sp³-hybridized carbons (Fsp3) is 0.316. The molecule has 0 bridgehead atoms. The number of hydrogen-bond acceptors (Lipinski definition) is 9. The Kier molecular flexibility index (Phi) is 11.9. The van der Waals surface area contributed by atoms with E-state index >= 15 is 0 Å². The summed E-state index contributed by atoms with van der Waals surface area (Å²) < 4.78 is 9.90. The highest BCUT2D eigenvalue weighted by atomic mass is 35.5. The van der Waals surface area contributed by atoms with Crippen LogP contribution in [0.2, 0.25) is 10.3 Å². The number of rotatable bonds is 4. The van der Waals surface area contributed by atoms with Crippen LogP contribution in [0.4, 0.5) is 5.69 Å². The number of aryl methyl sites for hydroxylation is 1. The minimum atomic E-state index is -0.567. The van der Waals surface area contributed by atoms with E-state index in [1.807, 2.05) is 6.92 Å². The summed E-state index contributed by atoms with van der Waals surface area (Å²) in [6.45, 7) is 7.47. The van der Waals surface area contributed by atoms with Gasteiger partial charge in [-0.25, -0.2) is 9.97 Å². The number of anilines is 1. The average Bonchev–Trinajstić information content (AvgIpc) is 2.61. The third-order valence-corrected chi connectivity index (χ3v) is 3.37. The second-order valence-electron chi connectivity index (χ2n) is 6.54. The summed E-state index contributed by atoms with van der Waals surface area (Å²) in [5, 5.41) is 0.668. The summed E-state index contributed by atoms with van der Waals surface area (Å²) in [4.78, 5) is 45.9. The van der Waals surface area contributed by atoms with Gasteiger partial charge in [0.15, 0.2) is 0 Å². The molecular weight excluding hydrogens is 437 g/mol. The predicted molar refractivity (Wildman–Crippen MR) is 109 cm³/mol. The van der Waals surface area contributed by atoms with Gasteiger partial charge in [-0.2, -0.15) is 9.59 Å². The quantitative estimate of drug-likeness (QED) is 0.416. The van der Waals surface area contributed by atoms with E-state index in [0.29, 0.717) is 16.4 Å². The zero-order valence-corrected chi connectivity index (χ0v) is 18.3. The maximum atomic E-state index is 11.6. The van der Waals surface area contributed by atoms with E-state index in [4.69, 9.17) is 48.0 Å². The molecule has 0 saturated heterocycles. The molecule has 0 spiro atoms. The van der Waals surface area contributed by atoms with Crippen molar-refractivity contribution in [3.8, 4) is 5.75 Å². The molecule has 0 aliphatic heterocycles. The van der Waals surface area contributed by atoms with Crippen molar-refractivity contribution in [2.75, 3.05) is 5.73 Å². The van der Waals surface area contributed by atoms with Crippen molar-refractivity contribution in [1.82, 2.24) is 9.97 Å². The number of pyridine rings is 2. The van der Waals surface area contributed by atoms with Crippen molar-refractivity contribution < 1.29 is 28.7 Å². The highest BCUT2D eigenvalue weighted by Crippen LogP contribution is 2.22. The fourth-order valence-corrected chi connectivity index (χ4v) is 2.16. The fourth-order valence-electron chi connectivity index (χ4n) is 1.80. The number of halogens is 2. The van der Waals surface area contributed by atoms with Crippen molar-refractivity contribution in [3.05, 3.63) is 46.0 Å². The molecule has 0 radical (unpaired) electrons. The summed E-state index contributed by atoms with van der Waals surface area (Å²) in [6.07, 6.45) is 3.15. The first-order valence-electron chi connectivity index (χ1n) is 8.27. The van der Waals surface area contributed by atoms with Gasteiger partial charge in [0.25, 0.3) is 6.47 Å². The van der Waals surface area contributed by atoms with Gasteiger partial charge >= 0.3 is 12.1 Å². The van der Waals surface area contributed by atoms with Gasteiger partial charge in [0.2, 0.25) is 0 Å². The Hall–Kier alpha value is -3.00. The van der Waals surface area contributed by atoms with Gasteiger partial charge in [-0.05, 0) is 39.3 Å².